The molecule has 4 atom stereocenters. The molecule has 0 bridgehead atoms. The average Bonchev–Trinajstić information content (AvgIpc) is 2.68. The summed E-state index contributed by atoms with van der Waals surface area (Å²) in [5.41, 5.74) is 17.4. The summed E-state index contributed by atoms with van der Waals surface area (Å²) >= 11 is 0. The number of aryl methyl sites for hydroxylation is 1. The van der Waals surface area contributed by atoms with Crippen LogP contribution >= 0.6 is 0 Å². The van der Waals surface area contributed by atoms with Gasteiger partial charge in [0.2, 0.25) is 0 Å². The number of carbonyl (C=O) groups is 1. The highest BCUT2D eigenvalue weighted by molar-refractivity contribution is 5.75. The molecule has 0 aliphatic heterocycles. The smallest absolute Gasteiger partial charge is 0.314 e. The van der Waals surface area contributed by atoms with E-state index in [2.05, 4.69) is 10.0 Å². The number of azide groups is 1. The van der Waals surface area contributed by atoms with Crippen LogP contribution in [0.4, 0.5) is 0 Å². The summed E-state index contributed by atoms with van der Waals surface area (Å²) in [5, 5.41) is 15.0. The van der Waals surface area contributed by atoms with Gasteiger partial charge in [0.15, 0.2) is 0 Å². The van der Waals surface area contributed by atoms with Crippen molar-refractivity contribution < 1.29 is 14.6 Å². The monoisotopic (exact) mass is 410 g/mol. The van der Waals surface area contributed by atoms with Crippen molar-refractivity contribution in [1.82, 2.24) is 0 Å². The molecule has 0 aromatic heterocycles. The SMILES string of the molecule is Cc1ccc(CC(N=[N+]=[N-])C(O)C(C(=O)OC(C)(C)C)C(N)c2ccccc2)cc1. The molecule has 0 saturated heterocycles. The molecule has 0 spiro atoms. The maximum absolute atomic E-state index is 13.0. The summed E-state index contributed by atoms with van der Waals surface area (Å²) in [7, 11) is 0. The normalized spacial score (nSPS) is 15.4. The van der Waals surface area contributed by atoms with Crippen molar-refractivity contribution in [3.05, 3.63) is 81.7 Å². The van der Waals surface area contributed by atoms with Crippen LogP contribution < -0.4 is 5.73 Å². The molecule has 0 radical (unpaired) electrons. The number of hydrogen-bond acceptors (Lipinski definition) is 5. The second kappa shape index (κ2) is 10.3. The van der Waals surface area contributed by atoms with Crippen LogP contribution in [0.15, 0.2) is 59.7 Å². The lowest BCUT2D eigenvalue weighted by atomic mass is 9.84. The van der Waals surface area contributed by atoms with E-state index in [0.29, 0.717) is 5.56 Å². The van der Waals surface area contributed by atoms with E-state index >= 15 is 0 Å². The van der Waals surface area contributed by atoms with Gasteiger partial charge in [-0.3, -0.25) is 4.79 Å². The predicted octanol–water partition coefficient (Wildman–Crippen LogP) is 4.24. The number of benzene rings is 2. The van der Waals surface area contributed by atoms with Gasteiger partial charge < -0.3 is 15.6 Å². The standard InChI is InChI=1S/C23H30N4O3/c1-15-10-12-16(13-11-15)14-18(26-27-25)21(28)19(22(29)30-23(2,3)4)20(24)17-8-6-5-7-9-17/h5-13,18-21,28H,14,24H2,1-4H3. The Hall–Kier alpha value is -2.86. The number of ether oxygens (including phenoxy) is 1. The van der Waals surface area contributed by atoms with Crippen LogP contribution in [0.25, 0.3) is 10.4 Å². The number of aliphatic hydroxyl groups is 1. The van der Waals surface area contributed by atoms with Gasteiger partial charge in [0.25, 0.3) is 0 Å². The van der Waals surface area contributed by atoms with Crippen LogP contribution in [-0.2, 0) is 16.0 Å². The van der Waals surface area contributed by atoms with E-state index < -0.39 is 35.7 Å². The van der Waals surface area contributed by atoms with Gasteiger partial charge in [-0.2, -0.15) is 0 Å². The Balaban J connectivity index is 2.38. The van der Waals surface area contributed by atoms with E-state index in [1.54, 1.807) is 32.9 Å². The summed E-state index contributed by atoms with van der Waals surface area (Å²) in [5.74, 6) is -1.74. The highest BCUT2D eigenvalue weighted by Crippen LogP contribution is 2.29. The molecule has 2 rings (SSSR count). The molecule has 0 saturated carbocycles. The number of carbonyl (C=O) groups excluding carboxylic acids is 1. The summed E-state index contributed by atoms with van der Waals surface area (Å²) in [6.07, 6.45) is -1.06. The first-order valence-electron chi connectivity index (χ1n) is 9.93. The predicted molar refractivity (Wildman–Crippen MR) is 117 cm³/mol. The number of aliphatic hydroxyl groups excluding tert-OH is 1. The van der Waals surface area contributed by atoms with Crippen LogP contribution in [0, 0.1) is 12.8 Å². The van der Waals surface area contributed by atoms with Gasteiger partial charge in [0.1, 0.15) is 11.5 Å². The molecule has 2 aromatic rings. The van der Waals surface area contributed by atoms with Crippen LogP contribution in [0.3, 0.4) is 0 Å². The molecule has 7 heteroatoms. The lowest BCUT2D eigenvalue weighted by Gasteiger charge is -2.32. The van der Waals surface area contributed by atoms with Gasteiger partial charge in [-0.1, -0.05) is 65.3 Å². The van der Waals surface area contributed by atoms with E-state index in [-0.39, 0.29) is 6.42 Å². The zero-order chi connectivity index (χ0) is 22.3. The van der Waals surface area contributed by atoms with Crippen molar-refractivity contribution >= 4 is 5.97 Å². The quantitative estimate of drug-likeness (QED) is 0.292. The first-order valence-corrected chi connectivity index (χ1v) is 9.93. The number of hydrogen-bond donors (Lipinski definition) is 2. The number of nitrogens with two attached hydrogens (primary N) is 1. The summed E-state index contributed by atoms with van der Waals surface area (Å²) in [6.45, 7) is 7.22. The highest BCUT2D eigenvalue weighted by atomic mass is 16.6. The van der Waals surface area contributed by atoms with Crippen LogP contribution in [0.5, 0.6) is 0 Å². The summed E-state index contributed by atoms with van der Waals surface area (Å²) in [4.78, 5) is 15.9. The zero-order valence-corrected chi connectivity index (χ0v) is 17.9. The second-order valence-electron chi connectivity index (χ2n) is 8.45. The maximum atomic E-state index is 13.0. The van der Waals surface area contributed by atoms with Crippen molar-refractivity contribution in [1.29, 1.82) is 0 Å². The fourth-order valence-electron chi connectivity index (χ4n) is 3.25. The Labute approximate surface area is 177 Å². The minimum absolute atomic E-state index is 0.270. The topological polar surface area (TPSA) is 121 Å². The van der Waals surface area contributed by atoms with Crippen molar-refractivity contribution in [3.63, 3.8) is 0 Å². The van der Waals surface area contributed by atoms with Gasteiger partial charge in [-0.25, -0.2) is 0 Å². The molecule has 2 aromatic carbocycles. The van der Waals surface area contributed by atoms with E-state index in [9.17, 15) is 9.90 Å². The molecule has 7 nitrogen and oxygen atoms in total. The third-order valence-corrected chi connectivity index (χ3v) is 4.78. The Kier molecular flexibility index (Phi) is 8.00. The number of esters is 1. The van der Waals surface area contributed by atoms with Crippen molar-refractivity contribution in [2.75, 3.05) is 0 Å². The average molecular weight is 411 g/mol. The largest absolute Gasteiger partial charge is 0.460 e. The van der Waals surface area contributed by atoms with Gasteiger partial charge in [0, 0.05) is 11.0 Å². The molecule has 3 N–H and O–H groups in total. The second-order valence-corrected chi connectivity index (χ2v) is 8.45. The van der Waals surface area contributed by atoms with E-state index in [4.69, 9.17) is 16.0 Å². The van der Waals surface area contributed by atoms with Crippen molar-refractivity contribution in [2.45, 2.75) is 57.9 Å². The minimum atomic E-state index is -1.33. The molecule has 0 heterocycles. The van der Waals surface area contributed by atoms with Gasteiger partial charge in [-0.05, 0) is 50.8 Å². The minimum Gasteiger partial charge on any atom is -0.460 e. The molecule has 30 heavy (non-hydrogen) atoms. The Morgan fingerprint density at radius 1 is 1.17 bits per heavy atom. The number of nitrogens with zero attached hydrogens (tertiary/aromatic N) is 3. The molecule has 0 amide bonds. The Morgan fingerprint density at radius 2 is 1.77 bits per heavy atom. The van der Waals surface area contributed by atoms with E-state index in [0.717, 1.165) is 11.1 Å². The Morgan fingerprint density at radius 3 is 2.30 bits per heavy atom. The number of rotatable bonds is 8. The fourth-order valence-corrected chi connectivity index (χ4v) is 3.25. The van der Waals surface area contributed by atoms with Crippen molar-refractivity contribution in [3.8, 4) is 0 Å². The third kappa shape index (κ3) is 6.59. The molecule has 4 unspecified atom stereocenters. The summed E-state index contributed by atoms with van der Waals surface area (Å²) in [6, 6.07) is 15.0. The zero-order valence-electron chi connectivity index (χ0n) is 17.9. The third-order valence-electron chi connectivity index (χ3n) is 4.78. The van der Waals surface area contributed by atoms with Crippen molar-refractivity contribution in [2.24, 2.45) is 16.8 Å². The summed E-state index contributed by atoms with van der Waals surface area (Å²) < 4.78 is 5.54. The fraction of sp³-hybridized carbons (Fsp3) is 0.435. The first kappa shape index (κ1) is 23.4. The highest BCUT2D eigenvalue weighted by Gasteiger charge is 2.40. The van der Waals surface area contributed by atoms with Gasteiger partial charge in [-0.15, -0.1) is 0 Å². The first-order chi connectivity index (χ1) is 14.1. The molecule has 0 aliphatic rings. The van der Waals surface area contributed by atoms with Gasteiger partial charge in [0.05, 0.1) is 12.1 Å². The van der Waals surface area contributed by atoms with Crippen LogP contribution in [-0.4, -0.2) is 28.8 Å². The lowest BCUT2D eigenvalue weighted by molar-refractivity contribution is -0.165. The van der Waals surface area contributed by atoms with Crippen LogP contribution in [0.2, 0.25) is 0 Å². The molecule has 160 valence electrons. The lowest BCUT2D eigenvalue weighted by Crippen LogP contribution is -2.46. The van der Waals surface area contributed by atoms with E-state index in [1.165, 1.54) is 0 Å². The van der Waals surface area contributed by atoms with E-state index in [1.807, 2.05) is 49.4 Å². The molecular formula is C23H30N4O3. The molecular weight excluding hydrogens is 380 g/mol. The van der Waals surface area contributed by atoms with Gasteiger partial charge >= 0.3 is 5.97 Å². The maximum Gasteiger partial charge on any atom is 0.314 e. The Bertz CT molecular complexity index is 872. The molecule has 0 aliphatic carbocycles. The van der Waals surface area contributed by atoms with Crippen LogP contribution in [0.1, 0.15) is 43.5 Å². The molecule has 0 fully saturated rings.